The van der Waals surface area contributed by atoms with Gasteiger partial charge in [-0.1, -0.05) is 43.3 Å². The first-order valence-corrected chi connectivity index (χ1v) is 9.35. The summed E-state index contributed by atoms with van der Waals surface area (Å²) in [6.45, 7) is 3.46. The van der Waals surface area contributed by atoms with Crippen molar-refractivity contribution in [1.82, 2.24) is 14.8 Å². The maximum absolute atomic E-state index is 12.6. The van der Waals surface area contributed by atoms with Crippen LogP contribution in [0.3, 0.4) is 0 Å². The van der Waals surface area contributed by atoms with Crippen LogP contribution in [0.4, 0.5) is 5.69 Å². The zero-order chi connectivity index (χ0) is 16.9. The number of thioether (sulfide) groups is 1. The number of unbranched alkanes of at least 4 members (excludes halogenated alkanes) is 1. The number of para-hydroxylation sites is 1. The highest BCUT2D eigenvalue weighted by molar-refractivity contribution is 7.99. The van der Waals surface area contributed by atoms with Gasteiger partial charge in [0.2, 0.25) is 5.91 Å². The first kappa shape index (κ1) is 16.8. The molecule has 2 heterocycles. The number of H-pyrrole nitrogens is 1. The Balaban J connectivity index is 1.68. The van der Waals surface area contributed by atoms with Gasteiger partial charge in [0.1, 0.15) is 0 Å². The van der Waals surface area contributed by atoms with Crippen LogP contribution in [0.2, 0.25) is 0 Å². The van der Waals surface area contributed by atoms with Crippen LogP contribution in [0.1, 0.15) is 31.7 Å². The third-order valence-corrected chi connectivity index (χ3v) is 5.16. The smallest absolute Gasteiger partial charge is 0.311 e. The first-order chi connectivity index (χ1) is 11.7. The summed E-state index contributed by atoms with van der Waals surface area (Å²) in [5, 5.41) is 7.11. The van der Waals surface area contributed by atoms with E-state index >= 15 is 0 Å². The topological polar surface area (TPSA) is 71.0 Å². The van der Waals surface area contributed by atoms with Crippen LogP contribution in [-0.2, 0) is 17.8 Å². The number of carbonyl (C=O) groups is 1. The summed E-state index contributed by atoms with van der Waals surface area (Å²) >= 11 is 1.32. The number of aryl methyl sites for hydroxylation is 1. The second kappa shape index (κ2) is 7.70. The van der Waals surface area contributed by atoms with E-state index in [2.05, 4.69) is 23.2 Å². The van der Waals surface area contributed by atoms with E-state index in [0.29, 0.717) is 11.7 Å². The Bertz CT molecular complexity index is 768. The number of nitrogens with one attached hydrogen (secondary N) is 1. The number of amides is 1. The molecule has 1 amide bonds. The van der Waals surface area contributed by atoms with Crippen LogP contribution < -0.4 is 10.6 Å². The van der Waals surface area contributed by atoms with Crippen LogP contribution in [0, 0.1) is 0 Å². The quantitative estimate of drug-likeness (QED) is 0.816. The molecule has 128 valence electrons. The summed E-state index contributed by atoms with van der Waals surface area (Å²) in [5.41, 5.74) is 2.03. The monoisotopic (exact) mass is 346 g/mol. The van der Waals surface area contributed by atoms with E-state index < -0.39 is 0 Å². The second-order valence-electron chi connectivity index (χ2n) is 5.88. The van der Waals surface area contributed by atoms with Gasteiger partial charge < -0.3 is 4.90 Å². The van der Waals surface area contributed by atoms with Crippen molar-refractivity contribution in [2.45, 2.75) is 44.3 Å². The summed E-state index contributed by atoms with van der Waals surface area (Å²) in [7, 11) is 0. The number of anilines is 1. The molecule has 1 N–H and O–H groups in total. The molecule has 0 bridgehead atoms. The van der Waals surface area contributed by atoms with Gasteiger partial charge in [-0.25, -0.2) is 9.89 Å². The Morgan fingerprint density at radius 2 is 2.21 bits per heavy atom. The van der Waals surface area contributed by atoms with Crippen molar-refractivity contribution in [3.63, 3.8) is 0 Å². The highest BCUT2D eigenvalue weighted by atomic mass is 32.2. The minimum absolute atomic E-state index is 0.0599. The molecule has 24 heavy (non-hydrogen) atoms. The minimum atomic E-state index is -0.207. The number of hydrogen-bond acceptors (Lipinski definition) is 4. The number of rotatable bonds is 6. The molecule has 3 rings (SSSR count). The minimum Gasteiger partial charge on any atom is -0.311 e. The predicted octanol–water partition coefficient (Wildman–Crippen LogP) is 2.44. The van der Waals surface area contributed by atoms with Gasteiger partial charge in [0.05, 0.1) is 5.75 Å². The van der Waals surface area contributed by atoms with Crippen LogP contribution in [0.5, 0.6) is 0 Å². The molecule has 0 unspecified atom stereocenters. The zero-order valence-electron chi connectivity index (χ0n) is 13.8. The molecule has 1 aliphatic rings. The van der Waals surface area contributed by atoms with Gasteiger partial charge >= 0.3 is 5.69 Å². The summed E-state index contributed by atoms with van der Waals surface area (Å²) in [4.78, 5) is 26.3. The molecule has 0 aliphatic carbocycles. The fourth-order valence-electron chi connectivity index (χ4n) is 2.92. The van der Waals surface area contributed by atoms with Crippen LogP contribution in [0.15, 0.2) is 34.2 Å². The summed E-state index contributed by atoms with van der Waals surface area (Å²) in [6, 6.07) is 8.06. The highest BCUT2D eigenvalue weighted by Crippen LogP contribution is 2.27. The fourth-order valence-corrected chi connectivity index (χ4v) is 3.77. The molecular formula is C17H22N4O2S. The number of benzene rings is 1. The van der Waals surface area contributed by atoms with Crippen molar-refractivity contribution in [2.24, 2.45) is 0 Å². The zero-order valence-corrected chi connectivity index (χ0v) is 14.6. The van der Waals surface area contributed by atoms with Crippen molar-refractivity contribution in [3.8, 4) is 0 Å². The van der Waals surface area contributed by atoms with E-state index in [9.17, 15) is 9.59 Å². The average Bonchev–Trinajstić information content (AvgIpc) is 2.97. The molecule has 6 nitrogen and oxygen atoms in total. The van der Waals surface area contributed by atoms with E-state index in [4.69, 9.17) is 0 Å². The first-order valence-electron chi connectivity index (χ1n) is 8.37. The molecule has 1 aliphatic heterocycles. The molecule has 0 saturated heterocycles. The van der Waals surface area contributed by atoms with E-state index in [1.54, 1.807) is 4.57 Å². The lowest BCUT2D eigenvalue weighted by Crippen LogP contribution is -2.36. The van der Waals surface area contributed by atoms with Gasteiger partial charge in [-0.2, -0.15) is 0 Å². The van der Waals surface area contributed by atoms with Crippen LogP contribution >= 0.6 is 11.8 Å². The molecule has 2 aromatic rings. The molecule has 1 aromatic carbocycles. The lowest BCUT2D eigenvalue weighted by molar-refractivity contribution is -0.116. The SMILES string of the molecule is CCCCn1c(SCC(=O)N2CCCc3ccccc32)n[nH]c1=O. The maximum Gasteiger partial charge on any atom is 0.343 e. The third kappa shape index (κ3) is 3.56. The van der Waals surface area contributed by atoms with Crippen molar-refractivity contribution in [2.75, 3.05) is 17.2 Å². The van der Waals surface area contributed by atoms with Crippen molar-refractivity contribution in [1.29, 1.82) is 0 Å². The van der Waals surface area contributed by atoms with Gasteiger partial charge in [-0.3, -0.25) is 9.36 Å². The summed E-state index contributed by atoms with van der Waals surface area (Å²) in [6.07, 6.45) is 3.92. The predicted molar refractivity (Wildman–Crippen MR) is 95.6 cm³/mol. The summed E-state index contributed by atoms with van der Waals surface area (Å²) in [5.74, 6) is 0.342. The van der Waals surface area contributed by atoms with Crippen molar-refractivity contribution < 1.29 is 4.79 Å². The van der Waals surface area contributed by atoms with E-state index in [-0.39, 0.29) is 17.3 Å². The Morgan fingerprint density at radius 3 is 3.04 bits per heavy atom. The largest absolute Gasteiger partial charge is 0.343 e. The van der Waals surface area contributed by atoms with Gasteiger partial charge in [0, 0.05) is 18.8 Å². The van der Waals surface area contributed by atoms with Gasteiger partial charge in [-0.05, 0) is 30.9 Å². The fraction of sp³-hybridized carbons (Fsp3) is 0.471. The molecule has 1 aromatic heterocycles. The van der Waals surface area contributed by atoms with E-state index in [1.165, 1.54) is 17.3 Å². The average molecular weight is 346 g/mol. The Kier molecular flexibility index (Phi) is 5.40. The molecule has 0 atom stereocenters. The molecule has 0 fully saturated rings. The molecular weight excluding hydrogens is 324 g/mol. The van der Waals surface area contributed by atoms with Gasteiger partial charge in [0.25, 0.3) is 0 Å². The highest BCUT2D eigenvalue weighted by Gasteiger charge is 2.22. The van der Waals surface area contributed by atoms with E-state index in [0.717, 1.165) is 37.9 Å². The normalized spacial score (nSPS) is 13.8. The Morgan fingerprint density at radius 1 is 1.38 bits per heavy atom. The van der Waals surface area contributed by atoms with E-state index in [1.807, 2.05) is 23.1 Å². The van der Waals surface area contributed by atoms with Gasteiger partial charge in [-0.15, -0.1) is 5.10 Å². The number of hydrogen-bond donors (Lipinski definition) is 1. The molecule has 0 radical (unpaired) electrons. The number of carbonyl (C=O) groups excluding carboxylic acids is 1. The van der Waals surface area contributed by atoms with Crippen molar-refractivity contribution >= 4 is 23.4 Å². The lowest BCUT2D eigenvalue weighted by atomic mass is 10.0. The second-order valence-corrected chi connectivity index (χ2v) is 6.83. The molecule has 0 spiro atoms. The maximum atomic E-state index is 12.6. The number of fused-ring (bicyclic) bond motifs is 1. The standard InChI is InChI=1S/C17H22N4O2S/c1-2-3-10-21-16(23)18-19-17(21)24-12-15(22)20-11-6-8-13-7-4-5-9-14(13)20/h4-5,7,9H,2-3,6,8,10-12H2,1H3,(H,18,23). The number of aromatic amines is 1. The number of nitrogens with zero attached hydrogens (tertiary/aromatic N) is 3. The van der Waals surface area contributed by atoms with Gasteiger partial charge in [0.15, 0.2) is 5.16 Å². The van der Waals surface area contributed by atoms with Crippen molar-refractivity contribution in [3.05, 3.63) is 40.3 Å². The third-order valence-electron chi connectivity index (χ3n) is 4.19. The molecule has 0 saturated carbocycles. The summed E-state index contributed by atoms with van der Waals surface area (Å²) < 4.78 is 1.62. The Hall–Kier alpha value is -2.02. The van der Waals surface area contributed by atoms with Crippen LogP contribution in [-0.4, -0.2) is 33.0 Å². The van der Waals surface area contributed by atoms with Crippen LogP contribution in [0.25, 0.3) is 0 Å². The number of aromatic nitrogens is 3. The lowest BCUT2D eigenvalue weighted by Gasteiger charge is -2.29. The molecule has 7 heteroatoms. The Labute approximate surface area is 145 Å².